The Balaban J connectivity index is 1.46. The zero-order valence-electron chi connectivity index (χ0n) is 19.7. The van der Waals surface area contributed by atoms with Crippen LogP contribution in [-0.4, -0.2) is 46.4 Å². The molecular weight excluding hydrogens is 521 g/mol. The summed E-state index contributed by atoms with van der Waals surface area (Å²) in [4.78, 5) is 17.9. The second kappa shape index (κ2) is 11.6. The number of nitrogens with one attached hydrogen (secondary N) is 2. The number of ether oxygens (including phenoxy) is 1. The van der Waals surface area contributed by atoms with Gasteiger partial charge in [-0.25, -0.2) is 29.0 Å². The molecule has 4 heterocycles. The molecule has 0 aliphatic carbocycles. The topological polar surface area (TPSA) is 130 Å². The van der Waals surface area contributed by atoms with Crippen LogP contribution in [0.3, 0.4) is 0 Å². The Morgan fingerprint density at radius 3 is 2.92 bits per heavy atom. The summed E-state index contributed by atoms with van der Waals surface area (Å²) in [5.41, 5.74) is 2.85. The molecule has 3 aromatic heterocycles. The van der Waals surface area contributed by atoms with Gasteiger partial charge in [0.25, 0.3) is 0 Å². The number of nitrogens with zero attached hydrogens (tertiary/aromatic N) is 5. The van der Waals surface area contributed by atoms with E-state index >= 15 is 4.39 Å². The minimum atomic E-state index is -2.35. The Bertz CT molecular complexity index is 1430. The number of hydrogen-bond acceptors (Lipinski definition) is 8. The lowest BCUT2D eigenvalue weighted by Gasteiger charge is -2.23. The van der Waals surface area contributed by atoms with Crippen LogP contribution >= 0.6 is 11.6 Å². The number of rotatable bonds is 9. The highest BCUT2D eigenvalue weighted by Gasteiger charge is 2.22. The van der Waals surface area contributed by atoms with Gasteiger partial charge in [-0.2, -0.15) is 0 Å². The summed E-state index contributed by atoms with van der Waals surface area (Å²) in [6.45, 7) is 0.895. The van der Waals surface area contributed by atoms with Gasteiger partial charge in [-0.05, 0) is 55.9 Å². The van der Waals surface area contributed by atoms with Crippen molar-refractivity contribution in [2.45, 2.75) is 38.3 Å². The maximum Gasteiger partial charge on any atom is 0.165 e. The predicted molar refractivity (Wildman–Crippen MR) is 137 cm³/mol. The van der Waals surface area contributed by atoms with Gasteiger partial charge in [0.2, 0.25) is 0 Å². The number of aryl methyl sites for hydroxylation is 1. The molecule has 0 radical (unpaired) electrons. The van der Waals surface area contributed by atoms with Crippen molar-refractivity contribution in [3.8, 4) is 11.3 Å². The maximum atomic E-state index is 15.4. The van der Waals surface area contributed by atoms with Crippen LogP contribution in [0.2, 0.25) is 5.02 Å². The average Bonchev–Trinajstić information content (AvgIpc) is 3.35. The fourth-order valence-electron chi connectivity index (χ4n) is 4.35. The quantitative estimate of drug-likeness (QED) is 0.234. The number of hydrogen-bond donors (Lipinski definition) is 2. The van der Waals surface area contributed by atoms with Crippen LogP contribution in [0.25, 0.3) is 22.4 Å². The van der Waals surface area contributed by atoms with Crippen molar-refractivity contribution >= 4 is 45.5 Å². The van der Waals surface area contributed by atoms with Gasteiger partial charge in [0.15, 0.2) is 11.5 Å². The highest BCUT2D eigenvalue weighted by atomic mass is 35.5. The first kappa shape index (κ1) is 25.6. The molecule has 4 aromatic rings. The van der Waals surface area contributed by atoms with Crippen molar-refractivity contribution in [1.29, 1.82) is 0 Å². The predicted octanol–water partition coefficient (Wildman–Crippen LogP) is 4.44. The third-order valence-corrected chi connectivity index (χ3v) is 6.90. The molecule has 0 saturated carbocycles. The van der Waals surface area contributed by atoms with Crippen molar-refractivity contribution < 1.29 is 17.9 Å². The third kappa shape index (κ3) is 5.63. The van der Waals surface area contributed by atoms with Gasteiger partial charge in [-0.1, -0.05) is 17.7 Å². The van der Waals surface area contributed by atoms with E-state index in [1.54, 1.807) is 30.7 Å². The average molecular weight is 545 g/mol. The Morgan fingerprint density at radius 2 is 2.11 bits per heavy atom. The lowest BCUT2D eigenvalue weighted by molar-refractivity contribution is -0.0298. The Morgan fingerprint density at radius 1 is 1.22 bits per heavy atom. The van der Waals surface area contributed by atoms with Gasteiger partial charge in [0, 0.05) is 36.2 Å². The van der Waals surface area contributed by atoms with Crippen LogP contribution in [0.4, 0.5) is 15.9 Å². The number of pyridine rings is 1. The van der Waals surface area contributed by atoms with E-state index in [4.69, 9.17) is 16.3 Å². The number of imidazole rings is 1. The molecule has 13 heteroatoms. The largest absolute Gasteiger partial charge is 0.760 e. The lowest BCUT2D eigenvalue weighted by atomic mass is 10.1. The van der Waals surface area contributed by atoms with Gasteiger partial charge >= 0.3 is 0 Å². The molecule has 1 aliphatic rings. The molecule has 0 bridgehead atoms. The molecule has 2 unspecified atom stereocenters. The minimum absolute atomic E-state index is 0.0749. The fraction of sp³-hybridized carbons (Fsp3) is 0.333. The molecule has 1 aromatic carbocycles. The first-order valence-electron chi connectivity index (χ1n) is 11.8. The normalized spacial score (nSPS) is 16.7. The van der Waals surface area contributed by atoms with Gasteiger partial charge in [-0.15, -0.1) is 0 Å². The summed E-state index contributed by atoms with van der Waals surface area (Å²) < 4.78 is 46.8. The van der Waals surface area contributed by atoms with Crippen molar-refractivity contribution in [1.82, 2.24) is 29.2 Å². The first-order valence-corrected chi connectivity index (χ1v) is 13.3. The van der Waals surface area contributed by atoms with Crippen LogP contribution in [0, 0.1) is 5.82 Å². The van der Waals surface area contributed by atoms with Gasteiger partial charge < -0.3 is 14.6 Å². The number of halogens is 2. The van der Waals surface area contributed by atoms with Crippen molar-refractivity contribution in [2.75, 3.05) is 18.5 Å². The SMILES string of the molecule is O=S([O-])NCCCc1ccc(Cl)c(Nc2ncccc2-c2ncnc3c2ncn3C2CCCCO2)c1F. The molecule has 37 heavy (non-hydrogen) atoms. The number of aromatic nitrogens is 5. The Labute approximate surface area is 220 Å². The summed E-state index contributed by atoms with van der Waals surface area (Å²) in [5, 5.41) is 3.22. The Kier molecular flexibility index (Phi) is 8.01. The van der Waals surface area contributed by atoms with E-state index < -0.39 is 17.1 Å². The van der Waals surface area contributed by atoms with Crippen molar-refractivity contribution in [3.05, 3.63) is 59.5 Å². The second-order valence-corrected chi connectivity index (χ2v) is 9.69. The number of benzene rings is 1. The molecule has 194 valence electrons. The van der Waals surface area contributed by atoms with Gasteiger partial charge in [0.1, 0.15) is 29.6 Å². The summed E-state index contributed by atoms with van der Waals surface area (Å²) >= 11 is 4.00. The zero-order valence-corrected chi connectivity index (χ0v) is 21.3. The van der Waals surface area contributed by atoms with E-state index in [1.807, 2.05) is 10.6 Å². The molecule has 0 amide bonds. The zero-order chi connectivity index (χ0) is 25.8. The van der Waals surface area contributed by atoms with E-state index in [0.717, 1.165) is 19.3 Å². The summed E-state index contributed by atoms with van der Waals surface area (Å²) in [7, 11) is 0. The highest BCUT2D eigenvalue weighted by molar-refractivity contribution is 7.77. The highest BCUT2D eigenvalue weighted by Crippen LogP contribution is 2.36. The molecule has 1 fully saturated rings. The van der Waals surface area contributed by atoms with Crippen LogP contribution in [-0.2, 0) is 22.4 Å². The summed E-state index contributed by atoms with van der Waals surface area (Å²) in [6.07, 6.45) is 8.36. The second-order valence-electron chi connectivity index (χ2n) is 8.52. The lowest BCUT2D eigenvalue weighted by Crippen LogP contribution is -2.18. The number of anilines is 2. The smallest absolute Gasteiger partial charge is 0.165 e. The number of fused-ring (bicyclic) bond motifs is 1. The Hall–Kier alpha value is -3.03. The maximum absolute atomic E-state index is 15.4. The van der Waals surface area contributed by atoms with Crippen LogP contribution < -0.4 is 10.0 Å². The standard InChI is InChI=1S/C24H25ClFN7O3S/c25-17-9-8-15(5-3-11-31-37(34)35)19(26)21(17)32-23-16(6-4-10-27-23)20-22-24(29-13-28-20)33(14-30-22)18-7-1-2-12-36-18/h4,6,8-10,13-14,18,31H,1-3,5,7,11-12H2,(H,27,32)(H,34,35)/p-1. The monoisotopic (exact) mass is 544 g/mol. The summed E-state index contributed by atoms with van der Waals surface area (Å²) in [6, 6.07) is 6.76. The van der Waals surface area contributed by atoms with Crippen LogP contribution in [0.15, 0.2) is 43.1 Å². The van der Waals surface area contributed by atoms with Crippen LogP contribution in [0.1, 0.15) is 37.5 Å². The van der Waals surface area contributed by atoms with Crippen molar-refractivity contribution in [2.24, 2.45) is 0 Å². The molecule has 1 saturated heterocycles. The first-order chi connectivity index (χ1) is 18.0. The van der Waals surface area contributed by atoms with Gasteiger partial charge in [-0.3, -0.25) is 8.78 Å². The molecule has 1 aliphatic heterocycles. The molecule has 10 nitrogen and oxygen atoms in total. The molecule has 0 spiro atoms. The van der Waals surface area contributed by atoms with Crippen molar-refractivity contribution in [3.63, 3.8) is 0 Å². The molecular formula is C24H24ClFN7O3S-. The minimum Gasteiger partial charge on any atom is -0.760 e. The van der Waals surface area contributed by atoms with Gasteiger partial charge in [0.05, 0.1) is 17.0 Å². The molecule has 2 atom stereocenters. The summed E-state index contributed by atoms with van der Waals surface area (Å²) in [5.74, 6) is -0.175. The van der Waals surface area contributed by atoms with E-state index in [2.05, 4.69) is 30.0 Å². The van der Waals surface area contributed by atoms with Crippen LogP contribution in [0.5, 0.6) is 0 Å². The van der Waals surface area contributed by atoms with E-state index in [9.17, 15) is 8.76 Å². The fourth-order valence-corrected chi connectivity index (χ4v) is 4.86. The van der Waals surface area contributed by atoms with E-state index in [1.165, 1.54) is 6.33 Å². The van der Waals surface area contributed by atoms with E-state index in [-0.39, 0.29) is 23.5 Å². The van der Waals surface area contributed by atoms with E-state index in [0.29, 0.717) is 53.3 Å². The molecule has 5 rings (SSSR count). The molecule has 2 N–H and O–H groups in total. The third-order valence-electron chi connectivity index (χ3n) is 6.14.